The molecule has 0 bridgehead atoms. The van der Waals surface area contributed by atoms with E-state index in [1.807, 2.05) is 6.92 Å². The molecule has 21 heavy (non-hydrogen) atoms. The summed E-state index contributed by atoms with van der Waals surface area (Å²) >= 11 is 5.37. The van der Waals surface area contributed by atoms with Crippen LogP contribution in [0.2, 0.25) is 0 Å². The lowest BCUT2D eigenvalue weighted by molar-refractivity contribution is 0.528. The maximum Gasteiger partial charge on any atom is 0.195 e. The molecule has 2 rings (SSSR count). The zero-order valence-electron chi connectivity index (χ0n) is 13.7. The lowest BCUT2D eigenvalue weighted by atomic mass is 9.91. The first-order chi connectivity index (χ1) is 9.75. The van der Waals surface area contributed by atoms with Crippen LogP contribution in [0.1, 0.15) is 58.5 Å². The quantitative estimate of drug-likeness (QED) is 0.844. The summed E-state index contributed by atoms with van der Waals surface area (Å²) in [4.78, 5) is 4.76. The van der Waals surface area contributed by atoms with E-state index in [0.29, 0.717) is 10.8 Å². The molecule has 2 aromatic rings. The van der Waals surface area contributed by atoms with Crippen molar-refractivity contribution in [1.29, 1.82) is 0 Å². The molecule has 4 nitrogen and oxygen atoms in total. The lowest BCUT2D eigenvalue weighted by Gasteiger charge is -2.20. The summed E-state index contributed by atoms with van der Waals surface area (Å²) in [6.45, 7) is 12.8. The van der Waals surface area contributed by atoms with E-state index in [4.69, 9.17) is 17.2 Å². The number of aromatic amines is 1. The summed E-state index contributed by atoms with van der Waals surface area (Å²) in [5.74, 6) is 0.875. The molecule has 2 aromatic heterocycles. The average Bonchev–Trinajstić information content (AvgIpc) is 2.78. The Bertz CT molecular complexity index is 691. The smallest absolute Gasteiger partial charge is 0.195 e. The second kappa shape index (κ2) is 5.72. The van der Waals surface area contributed by atoms with Crippen molar-refractivity contribution in [3.05, 3.63) is 28.3 Å². The summed E-state index contributed by atoms with van der Waals surface area (Å²) in [6.07, 6.45) is 1.01. The van der Waals surface area contributed by atoms with Gasteiger partial charge >= 0.3 is 0 Å². The number of aromatic nitrogens is 4. The highest BCUT2D eigenvalue weighted by atomic mass is 32.1. The fourth-order valence-electron chi connectivity index (χ4n) is 2.30. The molecular weight excluding hydrogens is 280 g/mol. The van der Waals surface area contributed by atoms with Gasteiger partial charge in [-0.15, -0.1) is 0 Å². The number of nitrogens with one attached hydrogen (secondary N) is 1. The van der Waals surface area contributed by atoms with Crippen molar-refractivity contribution >= 4 is 12.2 Å². The van der Waals surface area contributed by atoms with Crippen LogP contribution in [0.3, 0.4) is 0 Å². The minimum atomic E-state index is 0.0464. The largest absolute Gasteiger partial charge is 0.297 e. The first-order valence-electron chi connectivity index (χ1n) is 7.41. The molecule has 0 saturated heterocycles. The van der Waals surface area contributed by atoms with Gasteiger partial charge in [0.05, 0.1) is 0 Å². The van der Waals surface area contributed by atoms with Crippen LogP contribution in [-0.2, 0) is 5.41 Å². The number of nitrogens with zero attached hydrogens (tertiary/aromatic N) is 3. The molecule has 114 valence electrons. The minimum Gasteiger partial charge on any atom is -0.297 e. The predicted molar refractivity (Wildman–Crippen MR) is 89.1 cm³/mol. The monoisotopic (exact) mass is 304 g/mol. The van der Waals surface area contributed by atoms with Gasteiger partial charge < -0.3 is 0 Å². The maximum absolute atomic E-state index is 5.37. The number of aryl methyl sites for hydroxylation is 1. The topological polar surface area (TPSA) is 46.5 Å². The van der Waals surface area contributed by atoms with Crippen molar-refractivity contribution in [2.75, 3.05) is 0 Å². The molecule has 0 aliphatic carbocycles. The Balaban J connectivity index is 2.56. The second-order valence-corrected chi connectivity index (χ2v) is 6.95. The van der Waals surface area contributed by atoms with Crippen LogP contribution >= 0.6 is 12.2 Å². The molecule has 2 heterocycles. The number of H-pyrrole nitrogens is 1. The third kappa shape index (κ3) is 3.07. The second-order valence-electron chi connectivity index (χ2n) is 6.56. The Morgan fingerprint density at radius 3 is 2.52 bits per heavy atom. The number of rotatable bonds is 3. The molecule has 0 saturated carbocycles. The lowest BCUT2D eigenvalue weighted by Crippen LogP contribution is -2.14. The molecule has 0 aromatic carbocycles. The molecule has 0 spiro atoms. The molecule has 1 atom stereocenters. The van der Waals surface area contributed by atoms with Crippen LogP contribution in [0.5, 0.6) is 0 Å². The molecule has 1 N–H and O–H groups in total. The molecular formula is C16H24N4S. The molecule has 0 fully saturated rings. The maximum atomic E-state index is 5.37. The van der Waals surface area contributed by atoms with E-state index in [2.05, 4.69) is 61.5 Å². The Hall–Kier alpha value is -1.49. The van der Waals surface area contributed by atoms with Gasteiger partial charge in [-0.1, -0.05) is 27.7 Å². The van der Waals surface area contributed by atoms with Crippen molar-refractivity contribution in [1.82, 2.24) is 19.7 Å². The van der Waals surface area contributed by atoms with Crippen molar-refractivity contribution in [3.8, 4) is 11.4 Å². The number of hydrogen-bond donors (Lipinski definition) is 1. The highest BCUT2D eigenvalue weighted by Crippen LogP contribution is 2.28. The Kier molecular flexibility index (Phi) is 4.33. The molecule has 0 aliphatic heterocycles. The zero-order valence-corrected chi connectivity index (χ0v) is 14.5. The molecule has 0 radical (unpaired) electrons. The van der Waals surface area contributed by atoms with Crippen molar-refractivity contribution in [2.24, 2.45) is 0 Å². The Morgan fingerprint density at radius 1 is 1.33 bits per heavy atom. The predicted octanol–water partition coefficient (Wildman–Crippen LogP) is 4.58. The first-order valence-corrected chi connectivity index (χ1v) is 7.82. The van der Waals surface area contributed by atoms with E-state index in [0.717, 1.165) is 29.2 Å². The van der Waals surface area contributed by atoms with Gasteiger partial charge in [0.15, 0.2) is 10.6 Å². The summed E-state index contributed by atoms with van der Waals surface area (Å²) in [6, 6.07) is 4.50. The van der Waals surface area contributed by atoms with E-state index in [1.54, 1.807) is 0 Å². The van der Waals surface area contributed by atoms with Crippen molar-refractivity contribution in [2.45, 2.75) is 59.4 Å². The summed E-state index contributed by atoms with van der Waals surface area (Å²) in [7, 11) is 0. The fraction of sp³-hybridized carbons (Fsp3) is 0.562. The van der Waals surface area contributed by atoms with E-state index >= 15 is 0 Å². The van der Waals surface area contributed by atoms with Crippen LogP contribution in [-0.4, -0.2) is 19.7 Å². The van der Waals surface area contributed by atoms with Gasteiger partial charge in [-0.2, -0.15) is 5.10 Å². The van der Waals surface area contributed by atoms with Crippen LogP contribution in [0.25, 0.3) is 11.4 Å². The van der Waals surface area contributed by atoms with Gasteiger partial charge in [0.25, 0.3) is 0 Å². The molecule has 1 unspecified atom stereocenters. The van der Waals surface area contributed by atoms with Crippen LogP contribution in [0.15, 0.2) is 12.1 Å². The first kappa shape index (κ1) is 15.9. The van der Waals surface area contributed by atoms with Crippen LogP contribution in [0, 0.1) is 11.7 Å². The number of hydrogen-bond acceptors (Lipinski definition) is 3. The average molecular weight is 304 g/mol. The highest BCUT2D eigenvalue weighted by Gasteiger charge is 2.19. The van der Waals surface area contributed by atoms with Gasteiger partial charge in [0, 0.05) is 28.4 Å². The van der Waals surface area contributed by atoms with Gasteiger partial charge in [-0.3, -0.25) is 14.6 Å². The van der Waals surface area contributed by atoms with Gasteiger partial charge in [-0.05, 0) is 44.6 Å². The highest BCUT2D eigenvalue weighted by molar-refractivity contribution is 7.71. The molecule has 0 amide bonds. The minimum absolute atomic E-state index is 0.0464. The van der Waals surface area contributed by atoms with Gasteiger partial charge in [0.2, 0.25) is 0 Å². The van der Waals surface area contributed by atoms with Crippen LogP contribution < -0.4 is 0 Å². The normalized spacial score (nSPS) is 13.4. The summed E-state index contributed by atoms with van der Waals surface area (Å²) < 4.78 is 2.74. The van der Waals surface area contributed by atoms with Crippen molar-refractivity contribution in [3.63, 3.8) is 0 Å². The number of pyridine rings is 1. The zero-order chi connectivity index (χ0) is 15.8. The van der Waals surface area contributed by atoms with Gasteiger partial charge in [0.1, 0.15) is 0 Å². The van der Waals surface area contributed by atoms with E-state index in [9.17, 15) is 0 Å². The van der Waals surface area contributed by atoms with Crippen LogP contribution in [0.4, 0.5) is 0 Å². The SMILES string of the molecule is CCC(C)n1c(-c2ccc(C(C)(C)C)nc2C)n[nH]c1=S. The third-order valence-electron chi connectivity index (χ3n) is 3.83. The summed E-state index contributed by atoms with van der Waals surface area (Å²) in [5.41, 5.74) is 3.16. The molecule has 5 heteroatoms. The Labute approximate surface area is 131 Å². The standard InChI is InChI=1S/C16H24N4S/c1-7-10(2)20-14(18-19-15(20)21)12-8-9-13(16(4,5)6)17-11(12)3/h8-10H,7H2,1-6H3,(H,19,21). The molecule has 0 aliphatic rings. The van der Waals surface area contributed by atoms with E-state index in [-0.39, 0.29) is 5.41 Å². The van der Waals surface area contributed by atoms with E-state index < -0.39 is 0 Å². The van der Waals surface area contributed by atoms with Gasteiger partial charge in [-0.25, -0.2) is 0 Å². The van der Waals surface area contributed by atoms with E-state index in [1.165, 1.54) is 0 Å². The summed E-state index contributed by atoms with van der Waals surface area (Å²) in [5, 5.41) is 7.32. The Morgan fingerprint density at radius 2 is 2.00 bits per heavy atom. The third-order valence-corrected chi connectivity index (χ3v) is 4.12. The fourth-order valence-corrected chi connectivity index (χ4v) is 2.61. The van der Waals surface area contributed by atoms with Crippen molar-refractivity contribution < 1.29 is 0 Å².